The van der Waals surface area contributed by atoms with Crippen LogP contribution in [0, 0.1) is 5.41 Å². The number of benzene rings is 1. The molecule has 0 fully saturated rings. The molecule has 0 bridgehead atoms. The number of allylic oxidation sites excluding steroid dienone is 3. The van der Waals surface area contributed by atoms with Crippen LogP contribution in [0.1, 0.15) is 58.4 Å². The molecule has 150 valence electrons. The van der Waals surface area contributed by atoms with E-state index >= 15 is 0 Å². The van der Waals surface area contributed by atoms with Gasteiger partial charge in [0, 0.05) is 29.3 Å². The van der Waals surface area contributed by atoms with E-state index in [1.165, 1.54) is 0 Å². The second-order valence-electron chi connectivity index (χ2n) is 8.34. The van der Waals surface area contributed by atoms with Crippen molar-refractivity contribution in [3.63, 3.8) is 0 Å². The number of dihydropyridines is 1. The van der Waals surface area contributed by atoms with Gasteiger partial charge in [0.15, 0.2) is 5.78 Å². The SMILES string of the molecule is CCCOC(=O)C1=C(C)NC2=C(C(=O)CC(C)(C)C2)[C@H]1c1ccc(OC)cc1. The van der Waals surface area contributed by atoms with Crippen LogP contribution in [0.3, 0.4) is 0 Å². The van der Waals surface area contributed by atoms with Gasteiger partial charge in [-0.3, -0.25) is 4.79 Å². The molecule has 1 aliphatic heterocycles. The summed E-state index contributed by atoms with van der Waals surface area (Å²) in [6, 6.07) is 7.57. The summed E-state index contributed by atoms with van der Waals surface area (Å²) in [5.41, 5.74) is 3.68. The Bertz CT molecular complexity index is 846. The minimum absolute atomic E-state index is 0.0906. The first-order valence-electron chi connectivity index (χ1n) is 9.82. The Hall–Kier alpha value is -2.56. The zero-order valence-corrected chi connectivity index (χ0v) is 17.3. The molecule has 0 radical (unpaired) electrons. The molecule has 1 atom stereocenters. The van der Waals surface area contributed by atoms with E-state index < -0.39 is 5.92 Å². The van der Waals surface area contributed by atoms with Gasteiger partial charge in [0.2, 0.25) is 0 Å². The lowest BCUT2D eigenvalue weighted by Gasteiger charge is -2.39. The second-order valence-corrected chi connectivity index (χ2v) is 8.34. The van der Waals surface area contributed by atoms with Crippen molar-refractivity contribution in [2.75, 3.05) is 13.7 Å². The molecule has 5 nitrogen and oxygen atoms in total. The highest BCUT2D eigenvalue weighted by Crippen LogP contribution is 2.46. The van der Waals surface area contributed by atoms with Crippen LogP contribution in [0.4, 0.5) is 0 Å². The number of rotatable bonds is 5. The van der Waals surface area contributed by atoms with E-state index in [1.807, 2.05) is 38.1 Å². The summed E-state index contributed by atoms with van der Waals surface area (Å²) in [5.74, 6) is 0.0404. The number of nitrogens with one attached hydrogen (secondary N) is 1. The summed E-state index contributed by atoms with van der Waals surface area (Å²) in [7, 11) is 1.62. The van der Waals surface area contributed by atoms with Crippen LogP contribution in [-0.2, 0) is 14.3 Å². The van der Waals surface area contributed by atoms with Crippen molar-refractivity contribution in [2.24, 2.45) is 5.41 Å². The third kappa shape index (κ3) is 3.84. The molecular formula is C23H29NO4. The minimum Gasteiger partial charge on any atom is -0.497 e. The summed E-state index contributed by atoms with van der Waals surface area (Å²) in [6.45, 7) is 8.40. The topological polar surface area (TPSA) is 64.6 Å². The number of hydrogen-bond donors (Lipinski definition) is 1. The van der Waals surface area contributed by atoms with E-state index in [9.17, 15) is 9.59 Å². The van der Waals surface area contributed by atoms with Crippen LogP contribution in [0.15, 0.2) is 46.8 Å². The number of carbonyl (C=O) groups is 2. The van der Waals surface area contributed by atoms with Crippen molar-refractivity contribution in [3.05, 3.63) is 52.4 Å². The summed E-state index contributed by atoms with van der Waals surface area (Å²) in [6.07, 6.45) is 1.99. The number of carbonyl (C=O) groups excluding carboxylic acids is 2. The molecule has 0 spiro atoms. The van der Waals surface area contributed by atoms with Crippen LogP contribution >= 0.6 is 0 Å². The highest BCUT2D eigenvalue weighted by molar-refractivity contribution is 6.04. The molecule has 0 saturated heterocycles. The number of ether oxygens (including phenoxy) is 2. The van der Waals surface area contributed by atoms with E-state index in [2.05, 4.69) is 19.2 Å². The van der Waals surface area contributed by atoms with Gasteiger partial charge in [-0.1, -0.05) is 32.9 Å². The lowest BCUT2D eigenvalue weighted by molar-refractivity contribution is -0.139. The van der Waals surface area contributed by atoms with Crippen molar-refractivity contribution < 1.29 is 19.1 Å². The number of methoxy groups -OCH3 is 1. The summed E-state index contributed by atoms with van der Waals surface area (Å²) in [4.78, 5) is 26.0. The van der Waals surface area contributed by atoms with Crippen LogP contribution in [0.2, 0.25) is 0 Å². The molecule has 2 aliphatic rings. The van der Waals surface area contributed by atoms with E-state index in [-0.39, 0.29) is 17.2 Å². The van der Waals surface area contributed by atoms with Gasteiger partial charge < -0.3 is 14.8 Å². The Morgan fingerprint density at radius 1 is 1.21 bits per heavy atom. The third-order valence-electron chi connectivity index (χ3n) is 5.35. The number of hydrogen-bond acceptors (Lipinski definition) is 5. The zero-order chi connectivity index (χ0) is 20.5. The second kappa shape index (κ2) is 7.82. The van der Waals surface area contributed by atoms with E-state index in [1.54, 1.807) is 7.11 Å². The standard InChI is InChI=1S/C23H29NO4/c1-6-11-28-22(26)19-14(2)24-17-12-23(3,4)13-18(25)21(17)20(19)15-7-9-16(27-5)10-8-15/h7-10,20,24H,6,11-13H2,1-5H3/t20-/m0/s1. The maximum atomic E-state index is 13.1. The van der Waals surface area contributed by atoms with E-state index in [0.29, 0.717) is 24.2 Å². The Kier molecular flexibility index (Phi) is 5.64. The van der Waals surface area contributed by atoms with Crippen molar-refractivity contribution >= 4 is 11.8 Å². The monoisotopic (exact) mass is 383 g/mol. The van der Waals surface area contributed by atoms with Gasteiger partial charge in [-0.15, -0.1) is 0 Å². The molecule has 0 aromatic heterocycles. The first-order valence-corrected chi connectivity index (χ1v) is 9.82. The van der Waals surface area contributed by atoms with Gasteiger partial charge in [-0.2, -0.15) is 0 Å². The smallest absolute Gasteiger partial charge is 0.336 e. The lowest BCUT2D eigenvalue weighted by Crippen LogP contribution is -2.38. The van der Waals surface area contributed by atoms with Gasteiger partial charge in [0.25, 0.3) is 0 Å². The quantitative estimate of drug-likeness (QED) is 0.770. The molecule has 1 heterocycles. The molecule has 1 aromatic carbocycles. The molecular weight excluding hydrogens is 354 g/mol. The molecule has 28 heavy (non-hydrogen) atoms. The molecule has 1 N–H and O–H groups in total. The van der Waals surface area contributed by atoms with Crippen molar-refractivity contribution in [3.8, 4) is 5.75 Å². The largest absolute Gasteiger partial charge is 0.497 e. The maximum Gasteiger partial charge on any atom is 0.336 e. The average molecular weight is 383 g/mol. The minimum atomic E-state index is -0.421. The van der Waals surface area contributed by atoms with Crippen molar-refractivity contribution in [2.45, 2.75) is 52.9 Å². The van der Waals surface area contributed by atoms with Gasteiger partial charge in [-0.05, 0) is 42.9 Å². The predicted octanol–water partition coefficient (Wildman–Crippen LogP) is 4.25. The molecule has 0 unspecified atom stereocenters. The van der Waals surface area contributed by atoms with Gasteiger partial charge in [0.05, 0.1) is 19.3 Å². The van der Waals surface area contributed by atoms with Crippen molar-refractivity contribution in [1.29, 1.82) is 0 Å². The fourth-order valence-corrected chi connectivity index (χ4v) is 4.11. The number of esters is 1. The molecule has 0 saturated carbocycles. The van der Waals surface area contributed by atoms with Crippen LogP contribution in [0.5, 0.6) is 5.75 Å². The highest BCUT2D eigenvalue weighted by Gasteiger charge is 2.43. The van der Waals surface area contributed by atoms with E-state index in [4.69, 9.17) is 9.47 Å². The van der Waals surface area contributed by atoms with Crippen LogP contribution < -0.4 is 10.1 Å². The summed E-state index contributed by atoms with van der Waals surface area (Å²) < 4.78 is 10.7. The predicted molar refractivity (Wildman–Crippen MR) is 108 cm³/mol. The fourth-order valence-electron chi connectivity index (χ4n) is 4.11. The Morgan fingerprint density at radius 2 is 1.89 bits per heavy atom. The molecule has 0 amide bonds. The molecule has 1 aliphatic carbocycles. The zero-order valence-electron chi connectivity index (χ0n) is 17.3. The van der Waals surface area contributed by atoms with Gasteiger partial charge in [-0.25, -0.2) is 4.79 Å². The summed E-state index contributed by atoms with van der Waals surface area (Å²) >= 11 is 0. The van der Waals surface area contributed by atoms with E-state index in [0.717, 1.165) is 35.5 Å². The highest BCUT2D eigenvalue weighted by atomic mass is 16.5. The molecule has 1 aromatic rings. The van der Waals surface area contributed by atoms with Crippen LogP contribution in [0.25, 0.3) is 0 Å². The summed E-state index contributed by atoms with van der Waals surface area (Å²) in [5, 5.41) is 3.35. The normalized spacial score (nSPS) is 21.2. The van der Waals surface area contributed by atoms with Gasteiger partial charge >= 0.3 is 5.97 Å². The van der Waals surface area contributed by atoms with Crippen molar-refractivity contribution in [1.82, 2.24) is 5.32 Å². The Labute approximate surface area is 166 Å². The molecule has 3 rings (SSSR count). The number of ketones is 1. The number of Topliss-reactive ketones (excluding diaryl/α,β-unsaturated/α-hetero) is 1. The third-order valence-corrected chi connectivity index (χ3v) is 5.35. The molecule has 5 heteroatoms. The first kappa shape index (κ1) is 20.2. The maximum absolute atomic E-state index is 13.1. The Morgan fingerprint density at radius 3 is 2.50 bits per heavy atom. The van der Waals surface area contributed by atoms with Gasteiger partial charge in [0.1, 0.15) is 5.75 Å². The Balaban J connectivity index is 2.11. The lowest BCUT2D eigenvalue weighted by atomic mass is 9.68. The fraction of sp³-hybridized carbons (Fsp3) is 0.478. The first-order chi connectivity index (χ1) is 13.3. The van der Waals surface area contributed by atoms with Crippen LogP contribution in [-0.4, -0.2) is 25.5 Å². The average Bonchev–Trinajstić information content (AvgIpc) is 2.64.